The summed E-state index contributed by atoms with van der Waals surface area (Å²) in [5, 5.41) is 3.08. The van der Waals surface area contributed by atoms with Crippen LogP contribution in [-0.4, -0.2) is 66.4 Å². The van der Waals surface area contributed by atoms with Gasteiger partial charge >= 0.3 is 0 Å². The molecular formula is C31H50N4O2. The fraction of sp³-hybridized carbons (Fsp3) is 0.742. The number of amides is 2. The van der Waals surface area contributed by atoms with E-state index in [2.05, 4.69) is 45.4 Å². The van der Waals surface area contributed by atoms with E-state index in [4.69, 9.17) is 5.73 Å². The van der Waals surface area contributed by atoms with Crippen LogP contribution in [-0.2, 0) is 16.0 Å². The molecule has 4 rings (SSSR count). The molecule has 2 amide bonds. The SMILES string of the molecule is CN[C@@H](C[C@H](C(=O)N1CCCC1CN(CCc1ccccc1)C1CCCCC1)C1CCCCC1)C(N)=O. The second-order valence-electron chi connectivity index (χ2n) is 11.8. The minimum atomic E-state index is -0.443. The lowest BCUT2D eigenvalue weighted by molar-refractivity contribution is -0.140. The van der Waals surface area contributed by atoms with Gasteiger partial charge in [-0.05, 0) is 69.9 Å². The van der Waals surface area contributed by atoms with Gasteiger partial charge in [0, 0.05) is 37.6 Å². The predicted octanol–water partition coefficient (Wildman–Crippen LogP) is 4.51. The molecule has 1 aromatic rings. The first kappa shape index (κ1) is 28.1. The molecule has 3 aliphatic rings. The van der Waals surface area contributed by atoms with Gasteiger partial charge in [-0.2, -0.15) is 0 Å². The van der Waals surface area contributed by atoms with E-state index in [1.807, 2.05) is 0 Å². The van der Waals surface area contributed by atoms with Gasteiger partial charge in [-0.1, -0.05) is 68.9 Å². The summed E-state index contributed by atoms with van der Waals surface area (Å²) in [7, 11) is 1.78. The maximum atomic E-state index is 14.2. The summed E-state index contributed by atoms with van der Waals surface area (Å²) in [6.07, 6.45) is 16.1. The molecule has 206 valence electrons. The van der Waals surface area contributed by atoms with Gasteiger partial charge in [0.15, 0.2) is 0 Å². The monoisotopic (exact) mass is 510 g/mol. The molecule has 3 fully saturated rings. The van der Waals surface area contributed by atoms with E-state index in [1.165, 1.54) is 56.9 Å². The lowest BCUT2D eigenvalue weighted by atomic mass is 9.76. The fourth-order valence-electron chi connectivity index (χ4n) is 7.25. The number of hydrogen-bond acceptors (Lipinski definition) is 4. The van der Waals surface area contributed by atoms with Crippen molar-refractivity contribution in [2.45, 2.75) is 108 Å². The molecule has 6 heteroatoms. The number of carbonyl (C=O) groups is 2. The Morgan fingerprint density at radius 1 is 0.973 bits per heavy atom. The first-order valence-corrected chi connectivity index (χ1v) is 15.1. The van der Waals surface area contributed by atoms with E-state index < -0.39 is 6.04 Å². The Hall–Kier alpha value is -1.92. The number of primary amides is 1. The summed E-state index contributed by atoms with van der Waals surface area (Å²) < 4.78 is 0. The summed E-state index contributed by atoms with van der Waals surface area (Å²) in [4.78, 5) is 31.2. The van der Waals surface area contributed by atoms with Crippen LogP contribution in [0.1, 0.15) is 89.0 Å². The van der Waals surface area contributed by atoms with Gasteiger partial charge in [0.25, 0.3) is 0 Å². The van der Waals surface area contributed by atoms with Crippen molar-refractivity contribution in [3.63, 3.8) is 0 Å². The molecule has 2 aliphatic carbocycles. The number of nitrogens with zero attached hydrogens (tertiary/aromatic N) is 2. The number of benzene rings is 1. The predicted molar refractivity (Wildman–Crippen MR) is 150 cm³/mol. The highest BCUT2D eigenvalue weighted by atomic mass is 16.2. The van der Waals surface area contributed by atoms with Crippen molar-refractivity contribution in [3.05, 3.63) is 35.9 Å². The highest BCUT2D eigenvalue weighted by molar-refractivity contribution is 5.83. The fourth-order valence-corrected chi connectivity index (χ4v) is 7.25. The third kappa shape index (κ3) is 7.79. The Labute approximate surface area is 224 Å². The highest BCUT2D eigenvalue weighted by Gasteiger charge is 2.40. The van der Waals surface area contributed by atoms with Crippen molar-refractivity contribution in [3.8, 4) is 0 Å². The zero-order chi connectivity index (χ0) is 26.0. The van der Waals surface area contributed by atoms with E-state index >= 15 is 0 Å². The zero-order valence-electron chi connectivity index (χ0n) is 23.1. The second kappa shape index (κ2) is 14.3. The smallest absolute Gasteiger partial charge is 0.234 e. The van der Waals surface area contributed by atoms with Crippen molar-refractivity contribution in [1.29, 1.82) is 0 Å². The number of likely N-dealkylation sites (N-methyl/N-ethyl adjacent to an activating group) is 1. The lowest BCUT2D eigenvalue weighted by Gasteiger charge is -2.40. The normalized spacial score (nSPS) is 23.3. The maximum Gasteiger partial charge on any atom is 0.234 e. The van der Waals surface area contributed by atoms with Crippen LogP contribution in [0.25, 0.3) is 0 Å². The zero-order valence-corrected chi connectivity index (χ0v) is 23.1. The molecule has 1 aromatic carbocycles. The van der Waals surface area contributed by atoms with Crippen molar-refractivity contribution < 1.29 is 9.59 Å². The molecule has 2 saturated carbocycles. The van der Waals surface area contributed by atoms with Crippen LogP contribution < -0.4 is 11.1 Å². The summed E-state index contributed by atoms with van der Waals surface area (Å²) in [5.74, 6) is 0.185. The summed E-state index contributed by atoms with van der Waals surface area (Å²) >= 11 is 0. The van der Waals surface area contributed by atoms with Crippen LogP contribution in [0.3, 0.4) is 0 Å². The Balaban J connectivity index is 1.47. The van der Waals surface area contributed by atoms with E-state index in [9.17, 15) is 9.59 Å². The van der Waals surface area contributed by atoms with Gasteiger partial charge in [-0.3, -0.25) is 14.5 Å². The Morgan fingerprint density at radius 2 is 1.65 bits per heavy atom. The summed E-state index contributed by atoms with van der Waals surface area (Å²) in [6.45, 7) is 2.89. The van der Waals surface area contributed by atoms with Crippen LogP contribution >= 0.6 is 0 Å². The van der Waals surface area contributed by atoms with E-state index in [-0.39, 0.29) is 23.8 Å². The summed E-state index contributed by atoms with van der Waals surface area (Å²) in [6, 6.07) is 11.3. The summed E-state index contributed by atoms with van der Waals surface area (Å²) in [5.41, 5.74) is 7.10. The van der Waals surface area contributed by atoms with E-state index in [0.717, 1.165) is 51.7 Å². The molecule has 1 aliphatic heterocycles. The van der Waals surface area contributed by atoms with Crippen molar-refractivity contribution in [1.82, 2.24) is 15.1 Å². The van der Waals surface area contributed by atoms with Crippen LogP contribution in [0.4, 0.5) is 0 Å². The molecule has 3 N–H and O–H groups in total. The Bertz CT molecular complexity index is 835. The molecule has 0 bridgehead atoms. The van der Waals surface area contributed by atoms with E-state index in [1.54, 1.807) is 7.05 Å². The third-order valence-electron chi connectivity index (χ3n) is 9.44. The van der Waals surface area contributed by atoms with Crippen molar-refractivity contribution >= 4 is 11.8 Å². The maximum absolute atomic E-state index is 14.2. The molecule has 1 unspecified atom stereocenters. The molecule has 1 heterocycles. The van der Waals surface area contributed by atoms with E-state index in [0.29, 0.717) is 18.4 Å². The van der Waals surface area contributed by atoms with Gasteiger partial charge in [0.05, 0.1) is 6.04 Å². The van der Waals surface area contributed by atoms with Gasteiger partial charge in [-0.25, -0.2) is 0 Å². The highest BCUT2D eigenvalue weighted by Crippen LogP contribution is 2.36. The van der Waals surface area contributed by atoms with Crippen LogP contribution in [0.5, 0.6) is 0 Å². The number of nitrogens with two attached hydrogens (primary N) is 1. The van der Waals surface area contributed by atoms with Gasteiger partial charge in [0.2, 0.25) is 11.8 Å². The minimum absolute atomic E-state index is 0.113. The van der Waals surface area contributed by atoms with Crippen LogP contribution in [0, 0.1) is 11.8 Å². The number of nitrogens with one attached hydrogen (secondary N) is 1. The molecule has 1 saturated heterocycles. The topological polar surface area (TPSA) is 78.7 Å². The molecule has 0 aromatic heterocycles. The molecule has 37 heavy (non-hydrogen) atoms. The van der Waals surface area contributed by atoms with Crippen LogP contribution in [0.15, 0.2) is 30.3 Å². The van der Waals surface area contributed by atoms with Crippen molar-refractivity contribution in [2.75, 3.05) is 26.7 Å². The average molecular weight is 511 g/mol. The minimum Gasteiger partial charge on any atom is -0.368 e. The first-order valence-electron chi connectivity index (χ1n) is 15.1. The number of hydrogen-bond donors (Lipinski definition) is 2. The molecular weight excluding hydrogens is 460 g/mol. The lowest BCUT2D eigenvalue weighted by Crippen LogP contribution is -2.51. The molecule has 3 atom stereocenters. The quantitative estimate of drug-likeness (QED) is 0.434. The largest absolute Gasteiger partial charge is 0.368 e. The average Bonchev–Trinajstić information content (AvgIpc) is 3.41. The Morgan fingerprint density at radius 3 is 2.30 bits per heavy atom. The van der Waals surface area contributed by atoms with Crippen molar-refractivity contribution in [2.24, 2.45) is 17.6 Å². The second-order valence-corrected chi connectivity index (χ2v) is 11.8. The molecule has 0 radical (unpaired) electrons. The molecule has 6 nitrogen and oxygen atoms in total. The number of likely N-dealkylation sites (tertiary alicyclic amines) is 1. The Kier molecular flexibility index (Phi) is 10.9. The molecule has 0 spiro atoms. The van der Waals surface area contributed by atoms with Gasteiger partial charge in [0.1, 0.15) is 0 Å². The number of carbonyl (C=O) groups excluding carboxylic acids is 2. The third-order valence-corrected chi connectivity index (χ3v) is 9.44. The van der Waals surface area contributed by atoms with Crippen LogP contribution in [0.2, 0.25) is 0 Å². The van der Waals surface area contributed by atoms with Gasteiger partial charge < -0.3 is 16.0 Å². The first-order chi connectivity index (χ1) is 18.1. The standard InChI is InChI=1S/C31H50N4O2/c1-33-29(30(32)36)22-28(25-14-7-3-8-15-25)31(37)35-20-11-18-27(35)23-34(26-16-9-4-10-17-26)21-19-24-12-5-2-6-13-24/h2,5-6,12-13,25-29,33H,3-4,7-11,14-23H2,1H3,(H2,32,36)/t27?,28-,29-/m0/s1. The van der Waals surface area contributed by atoms with Gasteiger partial charge in [-0.15, -0.1) is 0 Å². The number of rotatable bonds is 12.